The summed E-state index contributed by atoms with van der Waals surface area (Å²) in [5, 5.41) is 0. The van der Waals surface area contributed by atoms with E-state index in [2.05, 4.69) is 198 Å². The third-order valence-corrected chi connectivity index (χ3v) is 16.9. The molecule has 4 amide bonds. The Morgan fingerprint density at radius 1 is 0.323 bits per heavy atom. The van der Waals surface area contributed by atoms with Gasteiger partial charge in [-0.2, -0.15) is 0 Å². The fraction of sp³-hybridized carbons (Fsp3) is 0.673. The molecule has 0 aliphatic heterocycles. The average molecular weight is 1870 g/mol. The van der Waals surface area contributed by atoms with Gasteiger partial charge in [0.1, 0.15) is 12.2 Å². The van der Waals surface area contributed by atoms with Crippen LogP contribution in [-0.4, -0.2) is 188 Å². The van der Waals surface area contributed by atoms with Gasteiger partial charge in [0.15, 0.2) is 17.3 Å². The first-order chi connectivity index (χ1) is 59.7. The molecule has 0 spiro atoms. The number of carbonyl (C=O) groups excluding carboxylic acids is 11. The number of carbonyl (C=O) groups is 11. The smallest absolute Gasteiger partial charge is 0.330 e. The minimum Gasteiger partial charge on any atom is -0.462 e. The Bertz CT molecular complexity index is 3510. The monoisotopic (exact) mass is 1870 g/mol. The van der Waals surface area contributed by atoms with Crippen molar-refractivity contribution < 1.29 is 71.7 Å². The summed E-state index contributed by atoms with van der Waals surface area (Å²) in [4.78, 5) is 131. The quantitative estimate of drug-likeness (QED) is 0.0252. The lowest BCUT2D eigenvalue weighted by Gasteiger charge is -2.28. The minimum atomic E-state index is -0.354. The molecule has 133 heavy (non-hydrogen) atoms. The van der Waals surface area contributed by atoms with Crippen LogP contribution >= 0.6 is 0 Å². The SMILES string of the molecule is C/C=C/C(=O)OC(C)C(C)(C)C.C/C=C/C(=O)OCC(C)(C)C.C=CC(=O)N(CC)CC(C)(C)C.C=CC(=O)N(CC)CCC(C)(C)C.C=CC(=O)OC(C)C(C)(C)C.C=CC(=O)OCC(C)(C)C.C=CCN(CC(C)(C)C)C(=O)C=C.C=CCN(CCC(C)(C)C)C(=O)C=C.CC(C)=CC(=O)CC(C)(C)C.CC(C)=CC(=O)CCC(C)(C)C.CN(C)C/C=C/C(=O)CCC(C)(C)C. The first-order valence-corrected chi connectivity index (χ1v) is 47.0. The van der Waals surface area contributed by atoms with Crippen molar-refractivity contribution in [1.82, 2.24) is 24.5 Å². The van der Waals surface area contributed by atoms with Gasteiger partial charge in [0, 0.05) is 102 Å². The Morgan fingerprint density at radius 2 is 0.624 bits per heavy atom. The fourth-order valence-corrected chi connectivity index (χ4v) is 8.72. The van der Waals surface area contributed by atoms with Crippen molar-refractivity contribution in [2.24, 2.45) is 59.6 Å². The van der Waals surface area contributed by atoms with E-state index in [-0.39, 0.29) is 137 Å². The molecule has 2 atom stereocenters. The second-order valence-corrected chi connectivity index (χ2v) is 46.4. The molecule has 0 N–H and O–H groups in total. The number of amides is 4. The molecule has 0 bridgehead atoms. The molecule has 0 aliphatic carbocycles. The molecular formula is C113H205N5O15. The summed E-state index contributed by atoms with van der Waals surface area (Å²) in [5.41, 5.74) is 3.73. The van der Waals surface area contributed by atoms with E-state index in [1.54, 1.807) is 71.1 Å². The Kier molecular flexibility index (Phi) is 84.7. The molecular weight excluding hydrogens is 1670 g/mol. The van der Waals surface area contributed by atoms with Crippen LogP contribution in [0.4, 0.5) is 0 Å². The maximum atomic E-state index is 11.4. The summed E-state index contributed by atoms with van der Waals surface area (Å²) in [6.45, 7) is 124. The molecule has 0 saturated heterocycles. The second kappa shape index (κ2) is 76.5. The van der Waals surface area contributed by atoms with Gasteiger partial charge in [-0.15, -0.1) is 13.2 Å². The van der Waals surface area contributed by atoms with Gasteiger partial charge in [-0.3, -0.25) is 33.6 Å². The van der Waals surface area contributed by atoms with Gasteiger partial charge in [0.05, 0.1) is 13.2 Å². The van der Waals surface area contributed by atoms with Crippen molar-refractivity contribution >= 4 is 64.9 Å². The van der Waals surface area contributed by atoms with Crippen LogP contribution in [0.15, 0.2) is 161 Å². The van der Waals surface area contributed by atoms with E-state index >= 15 is 0 Å². The predicted octanol–water partition coefficient (Wildman–Crippen LogP) is 26.8. The number of rotatable bonds is 34. The van der Waals surface area contributed by atoms with Gasteiger partial charge >= 0.3 is 23.9 Å². The van der Waals surface area contributed by atoms with Crippen LogP contribution in [0.3, 0.4) is 0 Å². The average Bonchev–Trinajstić information content (AvgIpc) is 0.906. The summed E-state index contributed by atoms with van der Waals surface area (Å²) in [5.74, 6) is -0.503. The summed E-state index contributed by atoms with van der Waals surface area (Å²) >= 11 is 0. The Balaban J connectivity index is -0.000000137. The number of likely N-dealkylation sites (N-methyl/N-ethyl adjacent to an activating group) is 3. The molecule has 20 nitrogen and oxygen atoms in total. The van der Waals surface area contributed by atoms with E-state index in [1.807, 2.05) is 168 Å². The highest BCUT2D eigenvalue weighted by molar-refractivity contribution is 5.92. The van der Waals surface area contributed by atoms with Gasteiger partial charge < -0.3 is 43.4 Å². The highest BCUT2D eigenvalue weighted by Gasteiger charge is 2.26. The molecule has 0 saturated carbocycles. The summed E-state index contributed by atoms with van der Waals surface area (Å²) in [6, 6.07) is 0. The molecule has 0 radical (unpaired) electrons. The van der Waals surface area contributed by atoms with Crippen molar-refractivity contribution in [2.45, 2.75) is 355 Å². The van der Waals surface area contributed by atoms with Crippen molar-refractivity contribution in [3.05, 3.63) is 161 Å². The number of nitrogens with zero attached hydrogens (tertiary/aromatic N) is 5. The zero-order valence-electron chi connectivity index (χ0n) is 94.1. The number of hydrogen-bond donors (Lipinski definition) is 0. The van der Waals surface area contributed by atoms with Gasteiger partial charge in [-0.05, 0) is 211 Å². The lowest BCUT2D eigenvalue weighted by atomic mass is 9.89. The highest BCUT2D eigenvalue weighted by atomic mass is 16.6. The normalized spacial score (nSPS) is 11.8. The van der Waals surface area contributed by atoms with Crippen molar-refractivity contribution in [3.63, 3.8) is 0 Å². The van der Waals surface area contributed by atoms with E-state index in [9.17, 15) is 52.7 Å². The Labute approximate surface area is 818 Å². The van der Waals surface area contributed by atoms with Gasteiger partial charge in [-0.1, -0.05) is 309 Å². The van der Waals surface area contributed by atoms with E-state index in [4.69, 9.17) is 18.9 Å². The topological polar surface area (TPSA) is 241 Å². The van der Waals surface area contributed by atoms with Crippen molar-refractivity contribution in [1.29, 1.82) is 0 Å². The largest absolute Gasteiger partial charge is 0.462 e. The Morgan fingerprint density at radius 3 is 0.917 bits per heavy atom. The van der Waals surface area contributed by atoms with Gasteiger partial charge in [0.25, 0.3) is 0 Å². The molecule has 0 fully saturated rings. The zero-order valence-corrected chi connectivity index (χ0v) is 94.1. The van der Waals surface area contributed by atoms with E-state index in [1.165, 1.54) is 48.6 Å². The number of hydrogen-bond acceptors (Lipinski definition) is 16. The lowest BCUT2D eigenvalue weighted by Crippen LogP contribution is -2.36. The van der Waals surface area contributed by atoms with Crippen LogP contribution in [0.1, 0.15) is 343 Å². The van der Waals surface area contributed by atoms with Crippen LogP contribution in [0.2, 0.25) is 0 Å². The van der Waals surface area contributed by atoms with Gasteiger partial charge in [-0.25, -0.2) is 19.2 Å². The molecule has 0 aromatic rings. The summed E-state index contributed by atoms with van der Waals surface area (Å²) in [7, 11) is 3.98. The third-order valence-electron chi connectivity index (χ3n) is 16.9. The molecule has 772 valence electrons. The van der Waals surface area contributed by atoms with Crippen molar-refractivity contribution in [3.8, 4) is 0 Å². The minimum absolute atomic E-state index is 0.00132. The summed E-state index contributed by atoms with van der Waals surface area (Å²) < 4.78 is 19.9. The third kappa shape index (κ3) is 125. The van der Waals surface area contributed by atoms with Gasteiger partial charge in [0.2, 0.25) is 23.6 Å². The van der Waals surface area contributed by atoms with E-state index in [0.29, 0.717) is 45.6 Å². The van der Waals surface area contributed by atoms with Crippen LogP contribution in [0.5, 0.6) is 0 Å². The van der Waals surface area contributed by atoms with E-state index in [0.717, 1.165) is 82.6 Å². The zero-order chi connectivity index (χ0) is 108. The first-order valence-electron chi connectivity index (χ1n) is 47.0. The number of ketones is 3. The maximum absolute atomic E-state index is 11.4. The van der Waals surface area contributed by atoms with Crippen LogP contribution < -0.4 is 0 Å². The maximum Gasteiger partial charge on any atom is 0.330 e. The first kappa shape index (κ1) is 147. The van der Waals surface area contributed by atoms with E-state index < -0.39 is 0 Å². The number of esters is 4. The Hall–Kier alpha value is -8.65. The fourth-order valence-electron chi connectivity index (χ4n) is 8.72. The van der Waals surface area contributed by atoms with Crippen molar-refractivity contribution in [2.75, 3.05) is 86.2 Å². The molecule has 0 aliphatic rings. The lowest BCUT2D eigenvalue weighted by molar-refractivity contribution is -0.147. The predicted molar refractivity (Wildman–Crippen MR) is 570 cm³/mol. The van der Waals surface area contributed by atoms with Crippen LogP contribution in [0, 0.1) is 59.6 Å². The van der Waals surface area contributed by atoms with Crippen LogP contribution in [0.25, 0.3) is 0 Å². The highest BCUT2D eigenvalue weighted by Crippen LogP contribution is 2.27. The molecule has 0 heterocycles. The van der Waals surface area contributed by atoms with Crippen LogP contribution in [-0.2, 0) is 71.7 Å². The number of allylic oxidation sites excluding steroid dienone is 7. The molecule has 0 aromatic carbocycles. The summed E-state index contributed by atoms with van der Waals surface area (Å²) in [6.07, 6.45) is 30.3. The molecule has 0 aromatic heterocycles. The number of ether oxygens (including phenoxy) is 4. The molecule has 0 rings (SSSR count). The molecule has 20 heteroatoms. The standard InChI is InChI=1S/C12H23NO.C12H21NO.C11H21NO.C11H19NO.C11H20O.C10H19NO.C10H18O2.C10H18O.2C9H16O2.C8H14O2/c1-12(2,3)9-8-11(14)7-6-10-13(4)5;1-6-9-13(11(14)7-2)10-8-12(3,4)5;1-6-10(13)12(7-2)9-8-11(3,4)5;1-6-8-12(10(13)7-2)9-11(3,4)5;1-9(2)8-10(12)6-7-11(3,4)5;1-6-9(12)11(7-2)8-10(3,4)5;1-6-7-9(11)12-8(2)10(3,4)5;1-8(2)6-9(11)7-10(3,4)5;1-6-8(10)11-7(2)9(3,4)5;1-5-6-8(10)11-7-9(2,3)4;1-5-7(9)10-6-8(2,3)4/h6-7H,8-10H2,1-5H3;6-7H,1-2,8-10H2,3-5H3;6H,1,7-9H2,2-5H3;6-7H,1-2,8-9H2,3-5H3;8H,6-7H2,1-5H3;6H,1,7-8H2,2-5H3;6-8H,1-5H3;6H,7H2,1-5H3;6-7H,1H2,2-5H3;5-6H,7H2,1-4H3;5H,1,6H2,2-4H3/b7-6+;;;;;;7-6+;;;6-5+;. The second-order valence-electron chi connectivity index (χ2n) is 46.4. The molecule has 2 unspecified atom stereocenters.